The Labute approximate surface area is 116 Å². The quantitative estimate of drug-likeness (QED) is 0.903. The Morgan fingerprint density at radius 3 is 2.72 bits per heavy atom. The Hall–Kier alpha value is -0.450. The predicted octanol–water partition coefficient (Wildman–Crippen LogP) is 3.42. The van der Waals surface area contributed by atoms with Crippen LogP contribution in [0.5, 0.6) is 0 Å². The molecule has 1 fully saturated rings. The van der Waals surface area contributed by atoms with Crippen LogP contribution in [0.2, 0.25) is 0 Å². The molecule has 0 amide bonds. The van der Waals surface area contributed by atoms with Crippen molar-refractivity contribution in [3.8, 4) is 0 Å². The summed E-state index contributed by atoms with van der Waals surface area (Å²) in [4.78, 5) is 0. The van der Waals surface area contributed by atoms with Crippen LogP contribution in [0.15, 0.2) is 22.7 Å². The van der Waals surface area contributed by atoms with Crippen LogP contribution in [0.1, 0.15) is 31.2 Å². The van der Waals surface area contributed by atoms with Gasteiger partial charge in [0, 0.05) is 17.6 Å². The van der Waals surface area contributed by atoms with Crippen LogP contribution in [0, 0.1) is 5.82 Å². The van der Waals surface area contributed by atoms with Crippen molar-refractivity contribution < 1.29 is 9.13 Å². The van der Waals surface area contributed by atoms with Gasteiger partial charge in [-0.2, -0.15) is 0 Å². The average molecular weight is 316 g/mol. The molecule has 1 aromatic rings. The molecule has 1 unspecified atom stereocenters. The summed E-state index contributed by atoms with van der Waals surface area (Å²) in [5, 5.41) is 0. The third-order valence-corrected chi connectivity index (χ3v) is 4.57. The Bertz CT molecular complexity index is 415. The van der Waals surface area contributed by atoms with E-state index in [0.717, 1.165) is 35.7 Å². The zero-order valence-electron chi connectivity index (χ0n) is 10.6. The fourth-order valence-corrected chi connectivity index (χ4v) is 3.10. The van der Waals surface area contributed by atoms with E-state index in [1.165, 1.54) is 18.6 Å². The van der Waals surface area contributed by atoms with E-state index < -0.39 is 0 Å². The molecule has 2 nitrogen and oxygen atoms in total. The summed E-state index contributed by atoms with van der Waals surface area (Å²) in [6, 6.07) is 4.80. The zero-order valence-corrected chi connectivity index (χ0v) is 12.2. The van der Waals surface area contributed by atoms with Gasteiger partial charge in [0.1, 0.15) is 5.82 Å². The highest BCUT2D eigenvalue weighted by Crippen LogP contribution is 2.39. The fourth-order valence-electron chi connectivity index (χ4n) is 2.58. The van der Waals surface area contributed by atoms with Gasteiger partial charge in [0.05, 0.1) is 5.60 Å². The second-order valence-electron chi connectivity index (χ2n) is 5.14. The minimum absolute atomic E-state index is 0.00801. The first-order chi connectivity index (χ1) is 8.54. The smallest absolute Gasteiger partial charge is 0.124 e. The van der Waals surface area contributed by atoms with Crippen molar-refractivity contribution >= 4 is 15.9 Å². The van der Waals surface area contributed by atoms with Crippen molar-refractivity contribution in [2.24, 2.45) is 5.73 Å². The van der Waals surface area contributed by atoms with Crippen molar-refractivity contribution in [1.82, 2.24) is 0 Å². The molecule has 1 aliphatic rings. The lowest BCUT2D eigenvalue weighted by atomic mass is 9.75. The van der Waals surface area contributed by atoms with E-state index in [1.54, 1.807) is 13.2 Å². The Morgan fingerprint density at radius 1 is 1.50 bits per heavy atom. The van der Waals surface area contributed by atoms with Gasteiger partial charge in [0.15, 0.2) is 0 Å². The Kier molecular flexibility index (Phi) is 4.41. The molecule has 1 atom stereocenters. The second kappa shape index (κ2) is 5.68. The molecule has 2 rings (SSSR count). The van der Waals surface area contributed by atoms with Gasteiger partial charge in [0.2, 0.25) is 0 Å². The topological polar surface area (TPSA) is 35.2 Å². The van der Waals surface area contributed by atoms with Crippen molar-refractivity contribution in [2.45, 2.75) is 43.7 Å². The van der Waals surface area contributed by atoms with Crippen LogP contribution in [0.3, 0.4) is 0 Å². The number of ether oxygens (including phenoxy) is 1. The van der Waals surface area contributed by atoms with Gasteiger partial charge >= 0.3 is 0 Å². The molecule has 1 aliphatic carbocycles. The number of rotatable bonds is 5. The van der Waals surface area contributed by atoms with E-state index in [2.05, 4.69) is 15.9 Å². The minimum Gasteiger partial charge on any atom is -0.378 e. The summed E-state index contributed by atoms with van der Waals surface area (Å²) in [6.07, 6.45) is 5.03. The Morgan fingerprint density at radius 2 is 2.22 bits per heavy atom. The number of hydrogen-bond donors (Lipinski definition) is 1. The SMILES string of the molecule is COC1(CC(N)Cc2ccc(F)cc2Br)CCC1. The number of hydrogen-bond acceptors (Lipinski definition) is 2. The number of methoxy groups -OCH3 is 1. The van der Waals surface area contributed by atoms with E-state index in [1.807, 2.05) is 0 Å². The van der Waals surface area contributed by atoms with Crippen LogP contribution in [0.25, 0.3) is 0 Å². The van der Waals surface area contributed by atoms with E-state index in [-0.39, 0.29) is 17.5 Å². The second-order valence-corrected chi connectivity index (χ2v) is 6.00. The molecule has 0 radical (unpaired) electrons. The van der Waals surface area contributed by atoms with Crippen molar-refractivity contribution in [3.63, 3.8) is 0 Å². The number of nitrogens with two attached hydrogens (primary N) is 1. The molecule has 1 aromatic carbocycles. The maximum absolute atomic E-state index is 13.0. The van der Waals surface area contributed by atoms with E-state index in [4.69, 9.17) is 10.5 Å². The molecule has 0 heterocycles. The molecule has 0 bridgehead atoms. The summed E-state index contributed by atoms with van der Waals surface area (Å²) < 4.78 is 19.4. The molecule has 0 spiro atoms. The molecule has 2 N–H and O–H groups in total. The van der Waals surface area contributed by atoms with Crippen LogP contribution in [-0.2, 0) is 11.2 Å². The first-order valence-corrected chi connectivity index (χ1v) is 7.09. The molecule has 4 heteroatoms. The number of halogens is 2. The maximum Gasteiger partial charge on any atom is 0.124 e. The van der Waals surface area contributed by atoms with Gasteiger partial charge in [-0.05, 0) is 49.8 Å². The summed E-state index contributed by atoms with van der Waals surface area (Å²) in [5.74, 6) is -0.230. The fraction of sp³-hybridized carbons (Fsp3) is 0.571. The average Bonchev–Trinajstić information content (AvgIpc) is 2.27. The van der Waals surface area contributed by atoms with Gasteiger partial charge in [-0.3, -0.25) is 0 Å². The van der Waals surface area contributed by atoms with Gasteiger partial charge in [-0.15, -0.1) is 0 Å². The number of benzene rings is 1. The Balaban J connectivity index is 1.96. The normalized spacial score (nSPS) is 19.3. The molecule has 0 aliphatic heterocycles. The first-order valence-electron chi connectivity index (χ1n) is 6.29. The predicted molar refractivity (Wildman–Crippen MR) is 74.0 cm³/mol. The third-order valence-electron chi connectivity index (χ3n) is 3.83. The highest BCUT2D eigenvalue weighted by atomic mass is 79.9. The van der Waals surface area contributed by atoms with Crippen LogP contribution >= 0.6 is 15.9 Å². The summed E-state index contributed by atoms with van der Waals surface area (Å²) >= 11 is 3.38. The first kappa shape index (κ1) is 14.0. The standard InChI is InChI=1S/C14H19BrFNO/c1-18-14(5-2-6-14)9-12(17)7-10-3-4-11(16)8-13(10)15/h3-4,8,12H,2,5-7,9,17H2,1H3. The molecular weight excluding hydrogens is 297 g/mol. The maximum atomic E-state index is 13.0. The largest absolute Gasteiger partial charge is 0.378 e. The van der Waals surface area contributed by atoms with E-state index in [0.29, 0.717) is 0 Å². The van der Waals surface area contributed by atoms with Gasteiger partial charge in [-0.25, -0.2) is 4.39 Å². The summed E-state index contributed by atoms with van der Waals surface area (Å²) in [6.45, 7) is 0. The molecule has 1 saturated carbocycles. The minimum atomic E-state index is -0.230. The van der Waals surface area contributed by atoms with E-state index >= 15 is 0 Å². The van der Waals surface area contributed by atoms with Crippen molar-refractivity contribution in [1.29, 1.82) is 0 Å². The lowest BCUT2D eigenvalue weighted by Gasteiger charge is -2.42. The van der Waals surface area contributed by atoms with Crippen LogP contribution < -0.4 is 5.73 Å². The zero-order chi connectivity index (χ0) is 13.2. The van der Waals surface area contributed by atoms with Gasteiger partial charge in [-0.1, -0.05) is 22.0 Å². The van der Waals surface area contributed by atoms with Crippen molar-refractivity contribution in [3.05, 3.63) is 34.1 Å². The lowest BCUT2D eigenvalue weighted by Crippen LogP contribution is -2.45. The molecule has 0 aromatic heterocycles. The highest BCUT2D eigenvalue weighted by molar-refractivity contribution is 9.10. The van der Waals surface area contributed by atoms with E-state index in [9.17, 15) is 4.39 Å². The third kappa shape index (κ3) is 3.11. The molecule has 100 valence electrons. The highest BCUT2D eigenvalue weighted by Gasteiger charge is 2.38. The van der Waals surface area contributed by atoms with Crippen LogP contribution in [-0.4, -0.2) is 18.8 Å². The molecular formula is C14H19BrFNO. The van der Waals surface area contributed by atoms with Crippen LogP contribution in [0.4, 0.5) is 4.39 Å². The monoisotopic (exact) mass is 315 g/mol. The lowest BCUT2D eigenvalue weighted by molar-refractivity contribution is -0.0813. The summed E-state index contributed by atoms with van der Waals surface area (Å²) in [5.41, 5.74) is 7.23. The summed E-state index contributed by atoms with van der Waals surface area (Å²) in [7, 11) is 1.76. The molecule has 18 heavy (non-hydrogen) atoms. The van der Waals surface area contributed by atoms with Gasteiger partial charge < -0.3 is 10.5 Å². The molecule has 0 saturated heterocycles. The van der Waals surface area contributed by atoms with Crippen molar-refractivity contribution in [2.75, 3.05) is 7.11 Å². The van der Waals surface area contributed by atoms with Gasteiger partial charge in [0.25, 0.3) is 0 Å².